The minimum Gasteiger partial charge on any atom is -0.508 e. The van der Waals surface area contributed by atoms with Gasteiger partial charge in [-0.05, 0) is 58.9 Å². The molecule has 10 heteroatoms. The van der Waals surface area contributed by atoms with Gasteiger partial charge in [-0.2, -0.15) is 0 Å². The number of nitrogens with zero attached hydrogens (tertiary/aromatic N) is 1. The van der Waals surface area contributed by atoms with Crippen molar-refractivity contribution in [2.24, 2.45) is 11.5 Å². The average Bonchev–Trinajstić information content (AvgIpc) is 3.55. The zero-order valence-electron chi connectivity index (χ0n) is 25.5. The SMILES string of the molecule is NC(=O)[C@@H](Cc1ccc2ccccc2c1)NC(=O)[C@H](Cc1ccccc1)NC(=O)[C@@H]1CCCN1C(=O)[C@@H](N)Cc1ccc(O)cc1. The minimum absolute atomic E-state index is 0.116. The highest BCUT2D eigenvalue weighted by Crippen LogP contribution is 2.21. The molecule has 0 unspecified atom stereocenters. The van der Waals surface area contributed by atoms with Gasteiger partial charge in [0.25, 0.3) is 0 Å². The molecule has 1 fully saturated rings. The van der Waals surface area contributed by atoms with Crippen LogP contribution in [0.15, 0.2) is 97.1 Å². The van der Waals surface area contributed by atoms with Crippen molar-refractivity contribution in [2.75, 3.05) is 6.54 Å². The van der Waals surface area contributed by atoms with Crippen LogP contribution in [0, 0.1) is 0 Å². The Morgan fingerprint density at radius 1 is 0.761 bits per heavy atom. The first-order valence-corrected chi connectivity index (χ1v) is 15.4. The molecule has 1 saturated heterocycles. The van der Waals surface area contributed by atoms with Crippen LogP contribution >= 0.6 is 0 Å². The van der Waals surface area contributed by atoms with Crippen LogP contribution in [0.25, 0.3) is 10.8 Å². The van der Waals surface area contributed by atoms with Crippen molar-refractivity contribution in [1.82, 2.24) is 15.5 Å². The van der Waals surface area contributed by atoms with Gasteiger partial charge in [0.1, 0.15) is 23.9 Å². The fraction of sp³-hybridized carbons (Fsp3) is 0.278. The maximum Gasteiger partial charge on any atom is 0.243 e. The number of benzene rings is 4. The number of nitrogens with one attached hydrogen (secondary N) is 2. The van der Waals surface area contributed by atoms with Gasteiger partial charge in [-0.3, -0.25) is 19.2 Å². The van der Waals surface area contributed by atoms with Crippen molar-refractivity contribution >= 4 is 34.4 Å². The number of primary amides is 1. The van der Waals surface area contributed by atoms with E-state index in [4.69, 9.17) is 11.5 Å². The molecule has 0 aromatic heterocycles. The highest BCUT2D eigenvalue weighted by molar-refractivity contribution is 5.95. The summed E-state index contributed by atoms with van der Waals surface area (Å²) in [6.45, 7) is 0.366. The van der Waals surface area contributed by atoms with Crippen LogP contribution in [-0.2, 0) is 38.4 Å². The van der Waals surface area contributed by atoms with E-state index < -0.39 is 41.9 Å². The van der Waals surface area contributed by atoms with Crippen molar-refractivity contribution in [2.45, 2.75) is 56.3 Å². The van der Waals surface area contributed by atoms with Crippen LogP contribution in [0.2, 0.25) is 0 Å². The number of carbonyl (C=O) groups is 4. The molecule has 4 amide bonds. The van der Waals surface area contributed by atoms with E-state index >= 15 is 0 Å². The molecule has 0 aliphatic carbocycles. The molecule has 46 heavy (non-hydrogen) atoms. The molecule has 1 aliphatic heterocycles. The van der Waals surface area contributed by atoms with E-state index in [-0.39, 0.29) is 30.9 Å². The number of hydrogen-bond acceptors (Lipinski definition) is 6. The summed E-state index contributed by atoms with van der Waals surface area (Å²) < 4.78 is 0. The number of phenols is 1. The standard InChI is InChI=1S/C36H39N5O5/c37-29(20-24-13-16-28(42)17-14-24)36(46)41-18-6-11-32(41)35(45)40-31(21-23-7-2-1-3-8-23)34(44)39-30(33(38)43)22-25-12-15-26-9-4-5-10-27(26)19-25/h1-5,7-10,12-17,19,29-32,42H,6,11,18,20-22,37H2,(H2,38,43)(H,39,44)(H,40,45)/t29-,30+,31-,32-/m0/s1. The fourth-order valence-electron chi connectivity index (χ4n) is 5.91. The lowest BCUT2D eigenvalue weighted by Crippen LogP contribution is -2.58. The Bertz CT molecular complexity index is 1690. The van der Waals surface area contributed by atoms with E-state index in [1.165, 1.54) is 17.0 Å². The summed E-state index contributed by atoms with van der Waals surface area (Å²) in [7, 11) is 0. The molecule has 1 heterocycles. The van der Waals surface area contributed by atoms with E-state index in [2.05, 4.69) is 10.6 Å². The molecule has 0 spiro atoms. The molecule has 0 bridgehead atoms. The Balaban J connectivity index is 1.29. The lowest BCUT2D eigenvalue weighted by molar-refractivity contribution is -0.140. The molecule has 0 radical (unpaired) electrons. The van der Waals surface area contributed by atoms with Crippen LogP contribution in [0.5, 0.6) is 5.75 Å². The topological polar surface area (TPSA) is 168 Å². The number of nitrogens with two attached hydrogens (primary N) is 2. The Morgan fingerprint density at radius 2 is 1.39 bits per heavy atom. The third kappa shape index (κ3) is 8.08. The zero-order valence-corrected chi connectivity index (χ0v) is 25.5. The van der Waals surface area contributed by atoms with Crippen molar-refractivity contribution in [3.8, 4) is 5.75 Å². The Hall–Kier alpha value is -5.22. The van der Waals surface area contributed by atoms with Crippen LogP contribution in [0.4, 0.5) is 0 Å². The molecule has 10 nitrogen and oxygen atoms in total. The number of hydrogen-bond donors (Lipinski definition) is 5. The number of carbonyl (C=O) groups excluding carboxylic acids is 4. The summed E-state index contributed by atoms with van der Waals surface area (Å²) in [4.78, 5) is 54.7. The van der Waals surface area contributed by atoms with Gasteiger partial charge >= 0.3 is 0 Å². The number of likely N-dealkylation sites (tertiary alicyclic amines) is 1. The highest BCUT2D eigenvalue weighted by Gasteiger charge is 2.38. The summed E-state index contributed by atoms with van der Waals surface area (Å²) in [5.74, 6) is -1.96. The van der Waals surface area contributed by atoms with E-state index in [1.54, 1.807) is 12.1 Å². The number of fused-ring (bicyclic) bond motifs is 1. The quantitative estimate of drug-likeness (QED) is 0.163. The normalized spacial score (nSPS) is 16.4. The highest BCUT2D eigenvalue weighted by atomic mass is 16.3. The molecule has 4 aromatic rings. The van der Waals surface area contributed by atoms with Crippen LogP contribution in [0.1, 0.15) is 29.5 Å². The minimum atomic E-state index is -1.03. The average molecular weight is 622 g/mol. The summed E-state index contributed by atoms with van der Waals surface area (Å²) >= 11 is 0. The van der Waals surface area contributed by atoms with E-state index in [0.29, 0.717) is 19.4 Å². The van der Waals surface area contributed by atoms with Gasteiger partial charge in [-0.1, -0.05) is 84.9 Å². The van der Waals surface area contributed by atoms with E-state index in [9.17, 15) is 24.3 Å². The smallest absolute Gasteiger partial charge is 0.243 e. The molecule has 4 atom stereocenters. The van der Waals surface area contributed by atoms with Gasteiger partial charge in [-0.25, -0.2) is 0 Å². The van der Waals surface area contributed by atoms with Gasteiger partial charge in [0.2, 0.25) is 23.6 Å². The maximum atomic E-state index is 13.7. The van der Waals surface area contributed by atoms with E-state index in [0.717, 1.165) is 27.5 Å². The summed E-state index contributed by atoms with van der Waals surface area (Å²) in [5.41, 5.74) is 14.4. The third-order valence-electron chi connectivity index (χ3n) is 8.38. The van der Waals surface area contributed by atoms with Gasteiger partial charge in [0, 0.05) is 19.4 Å². The summed E-state index contributed by atoms with van der Waals surface area (Å²) in [6, 6.07) is 25.6. The van der Waals surface area contributed by atoms with Crippen molar-refractivity contribution in [3.63, 3.8) is 0 Å². The Labute approximate surface area is 267 Å². The Morgan fingerprint density at radius 3 is 2.11 bits per heavy atom. The number of amides is 4. The van der Waals surface area contributed by atoms with Crippen molar-refractivity contribution < 1.29 is 24.3 Å². The maximum absolute atomic E-state index is 13.7. The van der Waals surface area contributed by atoms with Crippen LogP contribution in [-0.4, -0.2) is 64.3 Å². The van der Waals surface area contributed by atoms with Gasteiger partial charge in [0.15, 0.2) is 0 Å². The molecule has 0 saturated carbocycles. The number of phenolic OH excluding ortho intramolecular Hbond substituents is 1. The lowest BCUT2D eigenvalue weighted by Gasteiger charge is -2.29. The molecule has 5 rings (SSSR count). The Kier molecular flexibility index (Phi) is 10.3. The number of aromatic hydroxyl groups is 1. The second-order valence-corrected chi connectivity index (χ2v) is 11.8. The predicted molar refractivity (Wildman–Crippen MR) is 175 cm³/mol. The summed E-state index contributed by atoms with van der Waals surface area (Å²) in [5, 5.41) is 17.2. The van der Waals surface area contributed by atoms with Crippen LogP contribution < -0.4 is 22.1 Å². The first-order chi connectivity index (χ1) is 22.2. The monoisotopic (exact) mass is 621 g/mol. The fourth-order valence-corrected chi connectivity index (χ4v) is 5.91. The van der Waals surface area contributed by atoms with E-state index in [1.807, 2.05) is 72.8 Å². The van der Waals surface area contributed by atoms with Gasteiger partial charge < -0.3 is 32.1 Å². The molecule has 7 N–H and O–H groups in total. The lowest BCUT2D eigenvalue weighted by atomic mass is 10.00. The molecule has 1 aliphatic rings. The summed E-state index contributed by atoms with van der Waals surface area (Å²) in [6.07, 6.45) is 1.63. The predicted octanol–water partition coefficient (Wildman–Crippen LogP) is 2.35. The first kappa shape index (κ1) is 32.2. The largest absolute Gasteiger partial charge is 0.508 e. The molecular weight excluding hydrogens is 582 g/mol. The third-order valence-corrected chi connectivity index (χ3v) is 8.38. The second kappa shape index (κ2) is 14.7. The van der Waals surface area contributed by atoms with Gasteiger partial charge in [0.05, 0.1) is 6.04 Å². The van der Waals surface area contributed by atoms with Crippen molar-refractivity contribution in [3.05, 3.63) is 114 Å². The number of rotatable bonds is 12. The van der Waals surface area contributed by atoms with Crippen LogP contribution in [0.3, 0.4) is 0 Å². The van der Waals surface area contributed by atoms with Gasteiger partial charge in [-0.15, -0.1) is 0 Å². The first-order valence-electron chi connectivity index (χ1n) is 15.4. The molecule has 4 aromatic carbocycles. The molecular formula is C36H39N5O5. The van der Waals surface area contributed by atoms with Crippen molar-refractivity contribution in [1.29, 1.82) is 0 Å². The molecule has 238 valence electrons. The zero-order chi connectivity index (χ0) is 32.6. The second-order valence-electron chi connectivity index (χ2n) is 11.8.